The van der Waals surface area contributed by atoms with Gasteiger partial charge in [0.15, 0.2) is 0 Å². The summed E-state index contributed by atoms with van der Waals surface area (Å²) < 4.78 is 0. The lowest BCUT2D eigenvalue weighted by atomic mass is 10.0. The van der Waals surface area contributed by atoms with Gasteiger partial charge in [-0.05, 0) is 18.1 Å². The summed E-state index contributed by atoms with van der Waals surface area (Å²) in [6, 6.07) is 9.08. The normalized spacial score (nSPS) is 12.1. The molecule has 3 nitrogen and oxygen atoms in total. The van der Waals surface area contributed by atoms with E-state index in [4.69, 9.17) is 16.1 Å². The number of rotatable bonds is 3. The summed E-state index contributed by atoms with van der Waals surface area (Å²) in [6.45, 7) is -0.0558. The summed E-state index contributed by atoms with van der Waals surface area (Å²) in [5, 5.41) is 17.5. The minimum atomic E-state index is -0.283. The van der Waals surface area contributed by atoms with Crippen LogP contribution in [0.25, 0.3) is 0 Å². The molecule has 13 heavy (non-hydrogen) atoms. The minimum Gasteiger partial charge on any atom is -0.395 e. The Morgan fingerprint density at radius 2 is 2.15 bits per heavy atom. The monoisotopic (exact) mass is 176 g/mol. The Morgan fingerprint density at radius 3 is 2.77 bits per heavy atom. The topological polar surface area (TPSA) is 70.0 Å². The van der Waals surface area contributed by atoms with E-state index in [1.54, 1.807) is 6.07 Å². The quantitative estimate of drug-likeness (QED) is 0.701. The van der Waals surface area contributed by atoms with Crippen LogP contribution in [-0.4, -0.2) is 17.8 Å². The van der Waals surface area contributed by atoms with E-state index in [1.807, 2.05) is 18.2 Å². The lowest BCUT2D eigenvalue weighted by Crippen LogP contribution is -2.27. The van der Waals surface area contributed by atoms with Gasteiger partial charge in [-0.3, -0.25) is 0 Å². The molecule has 3 heteroatoms. The average molecular weight is 176 g/mol. The zero-order valence-corrected chi connectivity index (χ0v) is 7.27. The number of hydrogen-bond acceptors (Lipinski definition) is 3. The predicted molar refractivity (Wildman–Crippen MR) is 49.9 cm³/mol. The molecule has 68 valence electrons. The van der Waals surface area contributed by atoms with Crippen LogP contribution in [0.3, 0.4) is 0 Å². The molecule has 0 amide bonds. The van der Waals surface area contributed by atoms with Gasteiger partial charge in [-0.1, -0.05) is 18.2 Å². The molecule has 1 rings (SSSR count). The zero-order chi connectivity index (χ0) is 9.68. The lowest BCUT2D eigenvalue weighted by Gasteiger charge is -2.08. The number of aliphatic hydroxyl groups is 1. The first-order valence-electron chi connectivity index (χ1n) is 4.12. The Kier molecular flexibility index (Phi) is 3.44. The summed E-state index contributed by atoms with van der Waals surface area (Å²) >= 11 is 0. The first kappa shape index (κ1) is 9.72. The highest BCUT2D eigenvalue weighted by Crippen LogP contribution is 2.08. The third-order valence-electron chi connectivity index (χ3n) is 1.85. The van der Waals surface area contributed by atoms with Crippen LogP contribution in [0.5, 0.6) is 0 Å². The van der Waals surface area contributed by atoms with Gasteiger partial charge in [-0.2, -0.15) is 5.26 Å². The highest BCUT2D eigenvalue weighted by molar-refractivity contribution is 5.37. The highest BCUT2D eigenvalue weighted by Gasteiger charge is 2.05. The van der Waals surface area contributed by atoms with Crippen LogP contribution in [0, 0.1) is 11.3 Å². The van der Waals surface area contributed by atoms with E-state index in [-0.39, 0.29) is 12.6 Å². The Labute approximate surface area is 77.4 Å². The fourth-order valence-corrected chi connectivity index (χ4v) is 1.15. The van der Waals surface area contributed by atoms with Crippen molar-refractivity contribution in [2.45, 2.75) is 12.5 Å². The Morgan fingerprint density at radius 1 is 1.46 bits per heavy atom. The molecule has 0 unspecified atom stereocenters. The summed E-state index contributed by atoms with van der Waals surface area (Å²) in [4.78, 5) is 0. The molecule has 0 aliphatic heterocycles. The number of nitrogens with two attached hydrogens (primary N) is 1. The zero-order valence-electron chi connectivity index (χ0n) is 7.27. The van der Waals surface area contributed by atoms with E-state index in [2.05, 4.69) is 6.07 Å². The minimum absolute atomic E-state index is 0.0558. The van der Waals surface area contributed by atoms with E-state index in [1.165, 1.54) is 0 Å². The fraction of sp³-hybridized carbons (Fsp3) is 0.300. The lowest BCUT2D eigenvalue weighted by molar-refractivity contribution is 0.265. The molecule has 0 saturated heterocycles. The van der Waals surface area contributed by atoms with E-state index >= 15 is 0 Å². The Hall–Kier alpha value is -1.37. The number of nitrogens with zero attached hydrogens (tertiary/aromatic N) is 1. The summed E-state index contributed by atoms with van der Waals surface area (Å²) in [5.74, 6) is 0. The molecule has 0 spiro atoms. The molecule has 1 atom stereocenters. The van der Waals surface area contributed by atoms with Crippen molar-refractivity contribution in [3.8, 4) is 6.07 Å². The molecule has 0 aromatic heterocycles. The number of benzene rings is 1. The van der Waals surface area contributed by atoms with E-state index in [0.29, 0.717) is 12.0 Å². The largest absolute Gasteiger partial charge is 0.395 e. The Bertz CT molecular complexity index is 317. The smallest absolute Gasteiger partial charge is 0.0994 e. The van der Waals surface area contributed by atoms with E-state index in [0.717, 1.165) is 5.56 Å². The predicted octanol–water partition coefficient (Wildman–Crippen LogP) is 0.420. The standard InChI is InChI=1S/C10H12N2O/c11-6-9-4-2-1-3-8(9)5-10(12)7-13/h1-4,10,13H,5,7,12H2/t10-/m0/s1. The van der Waals surface area contributed by atoms with Crippen LogP contribution < -0.4 is 5.73 Å². The third-order valence-corrected chi connectivity index (χ3v) is 1.85. The average Bonchev–Trinajstić information content (AvgIpc) is 2.18. The van der Waals surface area contributed by atoms with Crippen molar-refractivity contribution in [1.82, 2.24) is 0 Å². The highest BCUT2D eigenvalue weighted by atomic mass is 16.3. The van der Waals surface area contributed by atoms with Crippen molar-refractivity contribution in [3.63, 3.8) is 0 Å². The second-order valence-corrected chi connectivity index (χ2v) is 2.92. The van der Waals surface area contributed by atoms with E-state index in [9.17, 15) is 0 Å². The summed E-state index contributed by atoms with van der Waals surface area (Å²) in [7, 11) is 0. The van der Waals surface area contributed by atoms with Crippen LogP contribution >= 0.6 is 0 Å². The van der Waals surface area contributed by atoms with Crippen molar-refractivity contribution >= 4 is 0 Å². The van der Waals surface area contributed by atoms with Crippen molar-refractivity contribution in [2.24, 2.45) is 5.73 Å². The number of aliphatic hydroxyl groups excluding tert-OH is 1. The molecule has 0 fully saturated rings. The summed E-state index contributed by atoms with van der Waals surface area (Å²) in [6.07, 6.45) is 0.542. The van der Waals surface area contributed by atoms with Crippen molar-refractivity contribution in [3.05, 3.63) is 35.4 Å². The summed E-state index contributed by atoms with van der Waals surface area (Å²) in [5.41, 5.74) is 7.10. The maximum absolute atomic E-state index is 8.75. The first-order valence-corrected chi connectivity index (χ1v) is 4.12. The number of nitriles is 1. The molecule has 1 aromatic rings. The van der Waals surface area contributed by atoms with Crippen LogP contribution in [0.1, 0.15) is 11.1 Å². The molecule has 0 heterocycles. The van der Waals surface area contributed by atoms with Gasteiger partial charge < -0.3 is 10.8 Å². The van der Waals surface area contributed by atoms with E-state index < -0.39 is 0 Å². The molecule has 0 radical (unpaired) electrons. The van der Waals surface area contributed by atoms with Crippen molar-refractivity contribution in [1.29, 1.82) is 5.26 Å². The second kappa shape index (κ2) is 4.61. The third kappa shape index (κ3) is 2.55. The molecular formula is C10H12N2O. The maximum Gasteiger partial charge on any atom is 0.0994 e. The van der Waals surface area contributed by atoms with Gasteiger partial charge in [-0.25, -0.2) is 0 Å². The van der Waals surface area contributed by atoms with Crippen LogP contribution in [0.2, 0.25) is 0 Å². The number of hydrogen-bond donors (Lipinski definition) is 2. The van der Waals surface area contributed by atoms with Gasteiger partial charge in [0.1, 0.15) is 0 Å². The first-order chi connectivity index (χ1) is 6.27. The van der Waals surface area contributed by atoms with Gasteiger partial charge in [-0.15, -0.1) is 0 Å². The molecule has 0 aliphatic rings. The molecule has 3 N–H and O–H groups in total. The van der Waals surface area contributed by atoms with Crippen molar-refractivity contribution in [2.75, 3.05) is 6.61 Å². The fourth-order valence-electron chi connectivity index (χ4n) is 1.15. The van der Waals surface area contributed by atoms with Gasteiger partial charge in [0, 0.05) is 6.04 Å². The molecule has 1 aromatic carbocycles. The van der Waals surface area contributed by atoms with Gasteiger partial charge in [0.25, 0.3) is 0 Å². The van der Waals surface area contributed by atoms with Gasteiger partial charge >= 0.3 is 0 Å². The van der Waals surface area contributed by atoms with Gasteiger partial charge in [0.05, 0.1) is 18.2 Å². The SMILES string of the molecule is N#Cc1ccccc1C[C@H](N)CO. The molecule has 0 aliphatic carbocycles. The molecule has 0 bridgehead atoms. The van der Waals surface area contributed by atoms with Crippen molar-refractivity contribution < 1.29 is 5.11 Å². The van der Waals surface area contributed by atoms with Crippen LogP contribution in [0.4, 0.5) is 0 Å². The van der Waals surface area contributed by atoms with Crippen LogP contribution in [0.15, 0.2) is 24.3 Å². The molecular weight excluding hydrogens is 164 g/mol. The van der Waals surface area contributed by atoms with Crippen LogP contribution in [-0.2, 0) is 6.42 Å². The Balaban J connectivity index is 2.82. The van der Waals surface area contributed by atoms with Gasteiger partial charge in [0.2, 0.25) is 0 Å². The second-order valence-electron chi connectivity index (χ2n) is 2.92. The molecule has 0 saturated carbocycles. The maximum atomic E-state index is 8.75.